The molecule has 8 heteroatoms. The van der Waals surface area contributed by atoms with Crippen LogP contribution in [0.1, 0.15) is 59.3 Å². The van der Waals surface area contributed by atoms with E-state index in [0.29, 0.717) is 18.9 Å². The van der Waals surface area contributed by atoms with Gasteiger partial charge >= 0.3 is 5.69 Å². The molecule has 0 bridgehead atoms. The Morgan fingerprint density at radius 3 is 2.91 bits per heavy atom. The van der Waals surface area contributed by atoms with Gasteiger partial charge in [-0.2, -0.15) is 0 Å². The van der Waals surface area contributed by atoms with Gasteiger partial charge in [-0.15, -0.1) is 16.4 Å². The van der Waals surface area contributed by atoms with Crippen LogP contribution in [0.3, 0.4) is 0 Å². The fourth-order valence-corrected chi connectivity index (χ4v) is 3.65. The monoisotopic (exact) mass is 321 g/mol. The van der Waals surface area contributed by atoms with Crippen molar-refractivity contribution in [2.45, 2.75) is 44.4 Å². The molecule has 7 nitrogen and oxygen atoms in total. The Bertz CT molecular complexity index is 683. The molecule has 0 saturated heterocycles. The molecule has 0 aliphatic heterocycles. The van der Waals surface area contributed by atoms with Crippen molar-refractivity contribution in [1.29, 1.82) is 0 Å². The van der Waals surface area contributed by atoms with E-state index in [4.69, 9.17) is 4.98 Å². The molecule has 118 valence electrons. The molecule has 0 atom stereocenters. The number of thiazole rings is 1. The zero-order valence-corrected chi connectivity index (χ0v) is 13.0. The Hall–Kier alpha value is -1.96. The van der Waals surface area contributed by atoms with Gasteiger partial charge in [0.2, 0.25) is 5.82 Å². The van der Waals surface area contributed by atoms with Gasteiger partial charge in [0.15, 0.2) is 0 Å². The lowest BCUT2D eigenvalue weighted by Gasteiger charge is -2.19. The summed E-state index contributed by atoms with van der Waals surface area (Å²) in [6, 6.07) is 0. The molecule has 22 heavy (non-hydrogen) atoms. The van der Waals surface area contributed by atoms with Crippen LogP contribution in [0, 0.1) is 0 Å². The molecular weight excluding hydrogens is 302 g/mol. The molecule has 0 unspecified atom stereocenters. The Morgan fingerprint density at radius 2 is 2.18 bits per heavy atom. The maximum absolute atomic E-state index is 11.7. The Morgan fingerprint density at radius 1 is 1.36 bits per heavy atom. The predicted molar refractivity (Wildman–Crippen MR) is 83.2 cm³/mol. The molecule has 3 N–H and O–H groups in total. The van der Waals surface area contributed by atoms with Gasteiger partial charge in [-0.25, -0.2) is 14.9 Å². The van der Waals surface area contributed by atoms with Gasteiger partial charge in [0, 0.05) is 24.3 Å². The fraction of sp³-hybridized carbons (Fsp3) is 0.571. The van der Waals surface area contributed by atoms with Crippen molar-refractivity contribution < 1.29 is 4.79 Å². The van der Waals surface area contributed by atoms with Gasteiger partial charge in [-0.1, -0.05) is 19.3 Å². The van der Waals surface area contributed by atoms with Gasteiger partial charge in [-0.3, -0.25) is 9.78 Å². The van der Waals surface area contributed by atoms with Gasteiger partial charge in [0.1, 0.15) is 0 Å². The molecule has 1 aliphatic carbocycles. The van der Waals surface area contributed by atoms with E-state index in [1.54, 1.807) is 11.3 Å². The molecular formula is C14H19N5O2S. The SMILES string of the molecule is O=C(NCCc1nc(C2CCCCC2)cs1)c1n[nH]c(=O)[nH]1. The molecule has 0 radical (unpaired) electrons. The van der Waals surface area contributed by atoms with Crippen molar-refractivity contribution in [3.63, 3.8) is 0 Å². The highest BCUT2D eigenvalue weighted by Crippen LogP contribution is 2.32. The smallest absolute Gasteiger partial charge is 0.341 e. The van der Waals surface area contributed by atoms with Crippen molar-refractivity contribution in [2.24, 2.45) is 0 Å². The molecule has 3 rings (SSSR count). The van der Waals surface area contributed by atoms with Gasteiger partial charge in [0.05, 0.1) is 10.7 Å². The molecule has 1 fully saturated rings. The quantitative estimate of drug-likeness (QED) is 0.777. The Balaban J connectivity index is 1.48. The van der Waals surface area contributed by atoms with Crippen molar-refractivity contribution >= 4 is 17.2 Å². The van der Waals surface area contributed by atoms with E-state index in [9.17, 15) is 9.59 Å². The van der Waals surface area contributed by atoms with Crippen molar-refractivity contribution in [2.75, 3.05) is 6.54 Å². The number of carbonyl (C=O) groups excluding carboxylic acids is 1. The number of hydrogen-bond acceptors (Lipinski definition) is 5. The second kappa shape index (κ2) is 6.87. The fourth-order valence-electron chi connectivity index (χ4n) is 2.77. The first-order valence-electron chi connectivity index (χ1n) is 7.59. The summed E-state index contributed by atoms with van der Waals surface area (Å²) >= 11 is 1.65. The summed E-state index contributed by atoms with van der Waals surface area (Å²) in [5, 5.41) is 11.7. The van der Waals surface area contributed by atoms with Crippen LogP contribution in [-0.4, -0.2) is 32.6 Å². The van der Waals surface area contributed by atoms with E-state index < -0.39 is 5.69 Å². The van der Waals surface area contributed by atoms with Crippen LogP contribution >= 0.6 is 11.3 Å². The van der Waals surface area contributed by atoms with Gasteiger partial charge < -0.3 is 5.32 Å². The van der Waals surface area contributed by atoms with Crippen LogP contribution in [0.2, 0.25) is 0 Å². The van der Waals surface area contributed by atoms with E-state index in [1.165, 1.54) is 37.8 Å². The third-order valence-corrected chi connectivity index (χ3v) is 4.86. The predicted octanol–water partition coefficient (Wildman–Crippen LogP) is 1.57. The zero-order valence-electron chi connectivity index (χ0n) is 12.2. The Labute approximate surface area is 131 Å². The number of aromatic nitrogens is 4. The van der Waals surface area contributed by atoms with Crippen LogP contribution < -0.4 is 11.0 Å². The average Bonchev–Trinajstić information content (AvgIpc) is 3.17. The standard InChI is InChI=1S/C14H19N5O2S/c20-13(12-17-14(21)19-18-12)15-7-6-11-16-10(8-22-11)9-4-2-1-3-5-9/h8-9H,1-7H2,(H,15,20)(H2,17,18,19,21). The van der Waals surface area contributed by atoms with Crippen molar-refractivity contribution in [3.8, 4) is 0 Å². The summed E-state index contributed by atoms with van der Waals surface area (Å²) < 4.78 is 0. The minimum Gasteiger partial charge on any atom is -0.349 e. The van der Waals surface area contributed by atoms with Crippen LogP contribution in [0.15, 0.2) is 10.2 Å². The van der Waals surface area contributed by atoms with Crippen LogP contribution in [0.4, 0.5) is 0 Å². The molecule has 2 aromatic heterocycles. The van der Waals surface area contributed by atoms with Crippen molar-refractivity contribution in [3.05, 3.63) is 32.4 Å². The van der Waals surface area contributed by atoms with Crippen LogP contribution in [0.25, 0.3) is 0 Å². The first kappa shape index (κ1) is 15.0. The number of carbonyl (C=O) groups is 1. The summed E-state index contributed by atoms with van der Waals surface area (Å²) in [4.78, 5) is 29.6. The van der Waals surface area contributed by atoms with Gasteiger partial charge in [-0.05, 0) is 12.8 Å². The van der Waals surface area contributed by atoms with E-state index in [-0.39, 0.29) is 11.7 Å². The lowest BCUT2D eigenvalue weighted by Crippen LogP contribution is -2.27. The maximum Gasteiger partial charge on any atom is 0.341 e. The number of nitrogens with zero attached hydrogens (tertiary/aromatic N) is 2. The molecule has 0 aromatic carbocycles. The maximum atomic E-state index is 11.7. The van der Waals surface area contributed by atoms with E-state index in [1.807, 2.05) is 0 Å². The summed E-state index contributed by atoms with van der Waals surface area (Å²) in [5.41, 5.74) is 0.727. The molecule has 1 saturated carbocycles. The summed E-state index contributed by atoms with van der Waals surface area (Å²) in [6.07, 6.45) is 7.12. The largest absolute Gasteiger partial charge is 0.349 e. The summed E-state index contributed by atoms with van der Waals surface area (Å²) in [6.45, 7) is 0.478. The third kappa shape index (κ3) is 3.62. The number of H-pyrrole nitrogens is 2. The van der Waals surface area contributed by atoms with Crippen molar-refractivity contribution in [1.82, 2.24) is 25.5 Å². The number of rotatable bonds is 5. The van der Waals surface area contributed by atoms with E-state index >= 15 is 0 Å². The highest BCUT2D eigenvalue weighted by Gasteiger charge is 2.18. The molecule has 0 spiro atoms. The van der Waals surface area contributed by atoms with Crippen LogP contribution in [-0.2, 0) is 6.42 Å². The van der Waals surface area contributed by atoms with E-state index in [0.717, 1.165) is 5.01 Å². The van der Waals surface area contributed by atoms with E-state index in [2.05, 4.69) is 25.9 Å². The second-order valence-corrected chi connectivity index (χ2v) is 6.48. The normalized spacial score (nSPS) is 15.8. The van der Waals surface area contributed by atoms with Crippen LogP contribution in [0.5, 0.6) is 0 Å². The first-order valence-corrected chi connectivity index (χ1v) is 8.47. The number of hydrogen-bond donors (Lipinski definition) is 3. The molecule has 1 aliphatic rings. The minimum atomic E-state index is -0.484. The highest BCUT2D eigenvalue weighted by molar-refractivity contribution is 7.09. The minimum absolute atomic E-state index is 0.00651. The third-order valence-electron chi connectivity index (χ3n) is 3.93. The first-order chi connectivity index (χ1) is 10.7. The molecule has 2 aromatic rings. The second-order valence-electron chi connectivity index (χ2n) is 5.53. The molecule has 1 amide bonds. The van der Waals surface area contributed by atoms with Gasteiger partial charge in [0.25, 0.3) is 5.91 Å². The Kier molecular flexibility index (Phi) is 4.67. The molecule has 2 heterocycles. The number of amides is 1. The summed E-state index contributed by atoms with van der Waals surface area (Å²) in [5.74, 6) is 0.233. The number of aromatic amines is 2. The number of nitrogens with one attached hydrogen (secondary N) is 3. The lowest BCUT2D eigenvalue weighted by atomic mass is 9.87. The lowest BCUT2D eigenvalue weighted by molar-refractivity contribution is 0.0944. The summed E-state index contributed by atoms with van der Waals surface area (Å²) in [7, 11) is 0. The topological polar surface area (TPSA) is 104 Å². The highest BCUT2D eigenvalue weighted by atomic mass is 32.1. The zero-order chi connectivity index (χ0) is 15.4. The average molecular weight is 321 g/mol.